The molecule has 1 fully saturated rings. The van der Waals surface area contributed by atoms with Crippen molar-refractivity contribution in [1.29, 1.82) is 0 Å². The lowest BCUT2D eigenvalue weighted by atomic mass is 10.1. The molecule has 2 aromatic rings. The number of rotatable bonds is 3. The summed E-state index contributed by atoms with van der Waals surface area (Å²) in [6, 6.07) is 8.88. The van der Waals surface area contributed by atoms with Crippen LogP contribution in [0, 0.1) is 12.8 Å². The van der Waals surface area contributed by atoms with Gasteiger partial charge in [-0.15, -0.1) is 11.3 Å². The first-order chi connectivity index (χ1) is 9.61. The number of hydrogen-bond donors (Lipinski definition) is 1. The summed E-state index contributed by atoms with van der Waals surface area (Å²) in [6.45, 7) is 7.41. The monoisotopic (exact) mass is 287 g/mol. The molecule has 3 nitrogen and oxygen atoms in total. The molecule has 1 aromatic carbocycles. The fourth-order valence-corrected chi connectivity index (χ4v) is 3.62. The van der Waals surface area contributed by atoms with Crippen LogP contribution in [0.5, 0.6) is 0 Å². The Morgan fingerprint density at radius 1 is 1.30 bits per heavy atom. The van der Waals surface area contributed by atoms with Gasteiger partial charge in [0.2, 0.25) is 0 Å². The van der Waals surface area contributed by atoms with E-state index in [-0.39, 0.29) is 0 Å². The number of aryl methyl sites for hydroxylation is 1. The SMILES string of the molecule is Cc1ccc(-c2ncc(CN3CC(C)C(N)C3)s2)cc1. The molecule has 0 saturated carbocycles. The maximum absolute atomic E-state index is 6.08. The zero-order valence-electron chi connectivity index (χ0n) is 12.0. The van der Waals surface area contributed by atoms with Gasteiger partial charge in [0.1, 0.15) is 5.01 Å². The van der Waals surface area contributed by atoms with E-state index in [2.05, 4.69) is 48.0 Å². The van der Waals surface area contributed by atoms with Crippen LogP contribution < -0.4 is 5.73 Å². The number of aromatic nitrogens is 1. The molecule has 20 heavy (non-hydrogen) atoms. The normalized spacial score (nSPS) is 23.4. The Kier molecular flexibility index (Phi) is 3.87. The number of nitrogens with two attached hydrogens (primary N) is 1. The van der Waals surface area contributed by atoms with Crippen LogP contribution >= 0.6 is 11.3 Å². The zero-order valence-corrected chi connectivity index (χ0v) is 12.9. The Morgan fingerprint density at radius 2 is 2.05 bits per heavy atom. The lowest BCUT2D eigenvalue weighted by molar-refractivity contribution is 0.321. The summed E-state index contributed by atoms with van der Waals surface area (Å²) in [4.78, 5) is 8.31. The van der Waals surface area contributed by atoms with Crippen LogP contribution in [0.15, 0.2) is 30.5 Å². The lowest BCUT2D eigenvalue weighted by Gasteiger charge is -2.12. The van der Waals surface area contributed by atoms with Gasteiger partial charge in [0.05, 0.1) is 0 Å². The van der Waals surface area contributed by atoms with Gasteiger partial charge in [-0.05, 0) is 12.8 Å². The van der Waals surface area contributed by atoms with Crippen molar-refractivity contribution in [3.8, 4) is 10.6 Å². The summed E-state index contributed by atoms with van der Waals surface area (Å²) in [5, 5.41) is 1.11. The van der Waals surface area contributed by atoms with Gasteiger partial charge in [0, 0.05) is 42.3 Å². The molecule has 0 amide bonds. The minimum Gasteiger partial charge on any atom is -0.326 e. The Labute approximate surface area is 124 Å². The second-order valence-electron chi connectivity index (χ2n) is 5.83. The second-order valence-corrected chi connectivity index (χ2v) is 6.95. The van der Waals surface area contributed by atoms with E-state index in [0.717, 1.165) is 24.6 Å². The van der Waals surface area contributed by atoms with Gasteiger partial charge in [-0.1, -0.05) is 36.8 Å². The van der Waals surface area contributed by atoms with E-state index >= 15 is 0 Å². The highest BCUT2D eigenvalue weighted by Crippen LogP contribution is 2.27. The summed E-state index contributed by atoms with van der Waals surface area (Å²) in [5.41, 5.74) is 8.57. The van der Waals surface area contributed by atoms with Crippen molar-refractivity contribution in [3.63, 3.8) is 0 Å². The van der Waals surface area contributed by atoms with Gasteiger partial charge in [-0.3, -0.25) is 4.90 Å². The number of hydrogen-bond acceptors (Lipinski definition) is 4. The highest BCUT2D eigenvalue weighted by molar-refractivity contribution is 7.15. The van der Waals surface area contributed by atoms with Crippen LogP contribution in [0.3, 0.4) is 0 Å². The molecular formula is C16H21N3S. The van der Waals surface area contributed by atoms with E-state index < -0.39 is 0 Å². The number of benzene rings is 1. The van der Waals surface area contributed by atoms with E-state index in [4.69, 9.17) is 5.73 Å². The highest BCUT2D eigenvalue weighted by Gasteiger charge is 2.26. The largest absolute Gasteiger partial charge is 0.326 e. The Morgan fingerprint density at radius 3 is 2.70 bits per heavy atom. The van der Waals surface area contributed by atoms with Gasteiger partial charge in [0.15, 0.2) is 0 Å². The van der Waals surface area contributed by atoms with Crippen molar-refractivity contribution in [2.24, 2.45) is 11.7 Å². The van der Waals surface area contributed by atoms with Crippen molar-refractivity contribution in [1.82, 2.24) is 9.88 Å². The Balaban J connectivity index is 1.69. The molecule has 2 N–H and O–H groups in total. The molecule has 0 aliphatic carbocycles. The third-order valence-corrected chi connectivity index (χ3v) is 5.01. The standard InChI is InChI=1S/C16H21N3S/c1-11-3-5-13(6-4-11)16-18-7-14(20-16)9-19-8-12(2)15(17)10-19/h3-7,12,15H,8-10,17H2,1-2H3. The third kappa shape index (κ3) is 2.92. The van der Waals surface area contributed by atoms with E-state index in [0.29, 0.717) is 12.0 Å². The van der Waals surface area contributed by atoms with Crippen molar-refractivity contribution < 1.29 is 0 Å². The summed E-state index contributed by atoms with van der Waals surface area (Å²) in [6.07, 6.45) is 2.01. The molecule has 2 heterocycles. The molecule has 1 saturated heterocycles. The highest BCUT2D eigenvalue weighted by atomic mass is 32.1. The van der Waals surface area contributed by atoms with Gasteiger partial charge in [-0.2, -0.15) is 0 Å². The minimum atomic E-state index is 0.319. The van der Waals surface area contributed by atoms with E-state index in [1.807, 2.05) is 6.20 Å². The minimum absolute atomic E-state index is 0.319. The molecule has 1 aliphatic heterocycles. The number of nitrogens with zero attached hydrogens (tertiary/aromatic N) is 2. The fourth-order valence-electron chi connectivity index (χ4n) is 2.65. The smallest absolute Gasteiger partial charge is 0.123 e. The predicted molar refractivity (Wildman–Crippen MR) is 84.7 cm³/mol. The van der Waals surface area contributed by atoms with Gasteiger partial charge < -0.3 is 5.73 Å². The van der Waals surface area contributed by atoms with Gasteiger partial charge in [-0.25, -0.2) is 4.98 Å². The quantitative estimate of drug-likeness (QED) is 0.944. The van der Waals surface area contributed by atoms with Crippen LogP contribution in [-0.4, -0.2) is 29.0 Å². The van der Waals surface area contributed by atoms with Crippen LogP contribution in [0.4, 0.5) is 0 Å². The van der Waals surface area contributed by atoms with Crippen LogP contribution in [0.1, 0.15) is 17.4 Å². The van der Waals surface area contributed by atoms with Crippen molar-refractivity contribution in [2.75, 3.05) is 13.1 Å². The first kappa shape index (κ1) is 13.7. The van der Waals surface area contributed by atoms with Crippen LogP contribution in [0.25, 0.3) is 10.6 Å². The first-order valence-corrected chi connectivity index (χ1v) is 7.93. The molecule has 3 rings (SSSR count). The van der Waals surface area contributed by atoms with Crippen molar-refractivity contribution in [2.45, 2.75) is 26.4 Å². The first-order valence-electron chi connectivity index (χ1n) is 7.11. The van der Waals surface area contributed by atoms with Crippen LogP contribution in [0.2, 0.25) is 0 Å². The van der Waals surface area contributed by atoms with Gasteiger partial charge in [0.25, 0.3) is 0 Å². The van der Waals surface area contributed by atoms with Crippen molar-refractivity contribution >= 4 is 11.3 Å². The molecule has 2 unspecified atom stereocenters. The summed E-state index contributed by atoms with van der Waals surface area (Å²) >= 11 is 1.79. The van der Waals surface area contributed by atoms with Gasteiger partial charge >= 0.3 is 0 Å². The summed E-state index contributed by atoms with van der Waals surface area (Å²) in [7, 11) is 0. The molecule has 1 aliphatic rings. The third-order valence-electron chi connectivity index (χ3n) is 3.98. The molecule has 106 valence electrons. The van der Waals surface area contributed by atoms with E-state index in [9.17, 15) is 0 Å². The maximum atomic E-state index is 6.08. The summed E-state index contributed by atoms with van der Waals surface area (Å²) in [5.74, 6) is 0.597. The molecule has 2 atom stereocenters. The Hall–Kier alpha value is -1.23. The predicted octanol–water partition coefficient (Wildman–Crippen LogP) is 2.90. The molecule has 4 heteroatoms. The molecule has 1 aromatic heterocycles. The zero-order chi connectivity index (χ0) is 14.1. The van der Waals surface area contributed by atoms with E-state index in [1.165, 1.54) is 16.0 Å². The number of thiazole rings is 1. The number of likely N-dealkylation sites (tertiary alicyclic amines) is 1. The molecule has 0 radical (unpaired) electrons. The second kappa shape index (κ2) is 5.64. The molecular weight excluding hydrogens is 266 g/mol. The average Bonchev–Trinajstić information content (AvgIpc) is 2.99. The lowest BCUT2D eigenvalue weighted by Crippen LogP contribution is -2.28. The average molecular weight is 287 g/mol. The Bertz CT molecular complexity index is 566. The van der Waals surface area contributed by atoms with E-state index in [1.54, 1.807) is 11.3 Å². The fraction of sp³-hybridized carbons (Fsp3) is 0.438. The molecule has 0 bridgehead atoms. The molecule has 0 spiro atoms. The maximum Gasteiger partial charge on any atom is 0.123 e. The van der Waals surface area contributed by atoms with Crippen molar-refractivity contribution in [3.05, 3.63) is 40.9 Å². The topological polar surface area (TPSA) is 42.2 Å². The van der Waals surface area contributed by atoms with Crippen LogP contribution in [-0.2, 0) is 6.54 Å². The summed E-state index contributed by atoms with van der Waals surface area (Å²) < 4.78 is 0.